The molecule has 1 aromatic rings. The van der Waals surface area contributed by atoms with Crippen molar-refractivity contribution < 1.29 is 9.53 Å². The standard InChI is InChI=1S/C15H19N3O2/c1-2-13-11-20-9-8-18(13)15(19)14-6-5-12(10-17-14)4-3-7-16/h5-6,10,13H,2,7-9,11,16H2,1H3. The number of rotatable bonds is 2. The second-order valence-corrected chi connectivity index (χ2v) is 4.57. The number of hydrogen-bond acceptors (Lipinski definition) is 4. The minimum Gasteiger partial charge on any atom is -0.377 e. The SMILES string of the molecule is CCC1COCCN1C(=O)c1ccc(C#CCN)cn1. The predicted octanol–water partition coefficient (Wildman–Crippen LogP) is 0.643. The van der Waals surface area contributed by atoms with Gasteiger partial charge < -0.3 is 15.4 Å². The molecule has 1 saturated heterocycles. The zero-order valence-corrected chi connectivity index (χ0v) is 11.6. The molecular formula is C15H19N3O2. The molecule has 1 aromatic heterocycles. The summed E-state index contributed by atoms with van der Waals surface area (Å²) in [5.74, 6) is 5.60. The lowest BCUT2D eigenvalue weighted by molar-refractivity contribution is -0.00310. The second kappa shape index (κ2) is 7.04. The quantitative estimate of drug-likeness (QED) is 0.803. The van der Waals surface area contributed by atoms with Crippen molar-refractivity contribution >= 4 is 5.91 Å². The summed E-state index contributed by atoms with van der Waals surface area (Å²) in [5, 5.41) is 0. The van der Waals surface area contributed by atoms with Crippen molar-refractivity contribution in [3.05, 3.63) is 29.6 Å². The average Bonchev–Trinajstić information content (AvgIpc) is 2.52. The summed E-state index contributed by atoms with van der Waals surface area (Å²) in [6, 6.07) is 3.64. The van der Waals surface area contributed by atoms with Gasteiger partial charge in [-0.05, 0) is 18.6 Å². The molecule has 0 aromatic carbocycles. The van der Waals surface area contributed by atoms with Gasteiger partial charge in [-0.2, -0.15) is 0 Å². The Kier molecular flexibility index (Phi) is 5.10. The number of carbonyl (C=O) groups is 1. The summed E-state index contributed by atoms with van der Waals surface area (Å²) in [4.78, 5) is 18.5. The van der Waals surface area contributed by atoms with Crippen LogP contribution in [-0.2, 0) is 4.74 Å². The minimum absolute atomic E-state index is 0.0431. The normalized spacial score (nSPS) is 18.3. The van der Waals surface area contributed by atoms with E-state index < -0.39 is 0 Å². The number of amides is 1. The first-order valence-electron chi connectivity index (χ1n) is 6.80. The Labute approximate surface area is 119 Å². The lowest BCUT2D eigenvalue weighted by Gasteiger charge is -2.34. The monoisotopic (exact) mass is 273 g/mol. The van der Waals surface area contributed by atoms with Crippen LogP contribution in [-0.4, -0.2) is 48.1 Å². The highest BCUT2D eigenvalue weighted by atomic mass is 16.5. The Morgan fingerprint density at radius 1 is 1.60 bits per heavy atom. The van der Waals surface area contributed by atoms with Gasteiger partial charge in [0.25, 0.3) is 5.91 Å². The summed E-state index contributed by atoms with van der Waals surface area (Å²) in [6.07, 6.45) is 2.49. The largest absolute Gasteiger partial charge is 0.377 e. The third kappa shape index (κ3) is 3.35. The number of nitrogens with two attached hydrogens (primary N) is 1. The van der Waals surface area contributed by atoms with Crippen LogP contribution >= 0.6 is 0 Å². The summed E-state index contributed by atoms with van der Waals surface area (Å²) in [6.45, 7) is 4.17. The lowest BCUT2D eigenvalue weighted by atomic mass is 10.1. The van der Waals surface area contributed by atoms with Gasteiger partial charge in [0.2, 0.25) is 0 Å². The third-order valence-corrected chi connectivity index (χ3v) is 3.28. The second-order valence-electron chi connectivity index (χ2n) is 4.57. The van der Waals surface area contributed by atoms with Crippen LogP contribution in [0.4, 0.5) is 0 Å². The summed E-state index contributed by atoms with van der Waals surface area (Å²) >= 11 is 0. The molecule has 0 aliphatic carbocycles. The molecule has 0 saturated carbocycles. The van der Waals surface area contributed by atoms with Gasteiger partial charge in [-0.15, -0.1) is 0 Å². The Morgan fingerprint density at radius 2 is 2.45 bits per heavy atom. The van der Waals surface area contributed by atoms with Gasteiger partial charge in [-0.1, -0.05) is 18.8 Å². The maximum absolute atomic E-state index is 12.4. The molecule has 0 bridgehead atoms. The number of aromatic nitrogens is 1. The fourth-order valence-corrected chi connectivity index (χ4v) is 2.15. The maximum Gasteiger partial charge on any atom is 0.272 e. The fraction of sp³-hybridized carbons (Fsp3) is 0.467. The van der Waals surface area contributed by atoms with Crippen LogP contribution in [0, 0.1) is 11.8 Å². The summed E-state index contributed by atoms with van der Waals surface area (Å²) < 4.78 is 5.41. The van der Waals surface area contributed by atoms with E-state index in [4.69, 9.17) is 10.5 Å². The van der Waals surface area contributed by atoms with Crippen molar-refractivity contribution in [2.75, 3.05) is 26.3 Å². The molecule has 5 nitrogen and oxygen atoms in total. The van der Waals surface area contributed by atoms with E-state index in [1.54, 1.807) is 18.3 Å². The Balaban J connectivity index is 2.12. The van der Waals surface area contributed by atoms with Gasteiger partial charge >= 0.3 is 0 Å². The van der Waals surface area contributed by atoms with Crippen molar-refractivity contribution in [2.24, 2.45) is 5.73 Å². The molecule has 1 fully saturated rings. The highest BCUT2D eigenvalue weighted by Gasteiger charge is 2.27. The van der Waals surface area contributed by atoms with Crippen LogP contribution in [0.3, 0.4) is 0 Å². The third-order valence-electron chi connectivity index (χ3n) is 3.28. The van der Waals surface area contributed by atoms with Crippen LogP contribution in [0.2, 0.25) is 0 Å². The van der Waals surface area contributed by atoms with E-state index in [0.29, 0.717) is 32.0 Å². The molecular weight excluding hydrogens is 254 g/mol. The first kappa shape index (κ1) is 14.5. The van der Waals surface area contributed by atoms with Crippen molar-refractivity contribution in [2.45, 2.75) is 19.4 Å². The molecule has 2 N–H and O–H groups in total. The highest BCUT2D eigenvalue weighted by molar-refractivity contribution is 5.92. The topological polar surface area (TPSA) is 68.5 Å². The Bertz CT molecular complexity index is 516. The molecule has 2 rings (SSSR count). The van der Waals surface area contributed by atoms with Crippen LogP contribution in [0.25, 0.3) is 0 Å². The van der Waals surface area contributed by atoms with Crippen molar-refractivity contribution in [1.82, 2.24) is 9.88 Å². The van der Waals surface area contributed by atoms with E-state index in [9.17, 15) is 4.79 Å². The molecule has 1 aliphatic heterocycles. The molecule has 1 atom stereocenters. The fourth-order valence-electron chi connectivity index (χ4n) is 2.15. The molecule has 2 heterocycles. The van der Waals surface area contributed by atoms with Gasteiger partial charge in [0, 0.05) is 18.3 Å². The van der Waals surface area contributed by atoms with Crippen LogP contribution in [0.1, 0.15) is 29.4 Å². The smallest absolute Gasteiger partial charge is 0.272 e. The number of morpholine rings is 1. The van der Waals surface area contributed by atoms with E-state index in [1.165, 1.54) is 0 Å². The van der Waals surface area contributed by atoms with Crippen LogP contribution in [0.15, 0.2) is 18.3 Å². The predicted molar refractivity (Wildman–Crippen MR) is 76.1 cm³/mol. The van der Waals surface area contributed by atoms with E-state index in [-0.39, 0.29) is 11.9 Å². The van der Waals surface area contributed by atoms with Gasteiger partial charge in [-0.25, -0.2) is 4.98 Å². The molecule has 5 heteroatoms. The number of ether oxygens (including phenoxy) is 1. The Hall–Kier alpha value is -1.90. The molecule has 0 spiro atoms. The van der Waals surface area contributed by atoms with Crippen molar-refractivity contribution in [3.63, 3.8) is 0 Å². The summed E-state index contributed by atoms with van der Waals surface area (Å²) in [5.41, 5.74) is 6.53. The van der Waals surface area contributed by atoms with Crippen molar-refractivity contribution in [3.8, 4) is 11.8 Å². The Morgan fingerprint density at radius 3 is 3.10 bits per heavy atom. The summed E-state index contributed by atoms with van der Waals surface area (Å²) in [7, 11) is 0. The van der Waals surface area contributed by atoms with Gasteiger partial charge in [-0.3, -0.25) is 4.79 Å². The number of hydrogen-bond donors (Lipinski definition) is 1. The highest BCUT2D eigenvalue weighted by Crippen LogP contribution is 2.14. The van der Waals surface area contributed by atoms with E-state index in [2.05, 4.69) is 23.7 Å². The zero-order chi connectivity index (χ0) is 14.4. The zero-order valence-electron chi connectivity index (χ0n) is 11.6. The molecule has 20 heavy (non-hydrogen) atoms. The first-order valence-corrected chi connectivity index (χ1v) is 6.80. The number of pyridine rings is 1. The van der Waals surface area contributed by atoms with Crippen LogP contribution in [0.5, 0.6) is 0 Å². The van der Waals surface area contributed by atoms with Gasteiger partial charge in [0.05, 0.1) is 25.8 Å². The first-order chi connectivity index (χ1) is 9.76. The average molecular weight is 273 g/mol. The molecule has 106 valence electrons. The van der Waals surface area contributed by atoms with Gasteiger partial charge in [0.15, 0.2) is 0 Å². The van der Waals surface area contributed by atoms with Gasteiger partial charge in [0.1, 0.15) is 5.69 Å². The molecule has 1 aliphatic rings. The van der Waals surface area contributed by atoms with Crippen LogP contribution < -0.4 is 5.73 Å². The van der Waals surface area contributed by atoms with E-state index >= 15 is 0 Å². The molecule has 1 unspecified atom stereocenters. The maximum atomic E-state index is 12.4. The van der Waals surface area contributed by atoms with Crippen molar-refractivity contribution in [1.29, 1.82) is 0 Å². The molecule has 1 amide bonds. The van der Waals surface area contributed by atoms with E-state index in [1.807, 2.05) is 4.90 Å². The number of carbonyl (C=O) groups excluding carboxylic acids is 1. The molecule has 0 radical (unpaired) electrons. The number of nitrogens with zero attached hydrogens (tertiary/aromatic N) is 2. The van der Waals surface area contributed by atoms with E-state index in [0.717, 1.165) is 12.0 Å². The minimum atomic E-state index is -0.0431. The lowest BCUT2D eigenvalue weighted by Crippen LogP contribution is -2.48.